The van der Waals surface area contributed by atoms with Gasteiger partial charge in [0.2, 0.25) is 0 Å². The first kappa shape index (κ1) is 11.5. The van der Waals surface area contributed by atoms with Gasteiger partial charge in [-0.25, -0.2) is 0 Å². The maximum Gasteiger partial charge on any atom is 0.122 e. The predicted molar refractivity (Wildman–Crippen MR) is 64.5 cm³/mol. The lowest BCUT2D eigenvalue weighted by molar-refractivity contribution is 0.0906. The van der Waals surface area contributed by atoms with Crippen molar-refractivity contribution in [1.82, 2.24) is 4.57 Å². The van der Waals surface area contributed by atoms with Crippen molar-refractivity contribution >= 4 is 22.5 Å². The number of aromatic nitrogens is 1. The summed E-state index contributed by atoms with van der Waals surface area (Å²) in [5, 5.41) is 11.0. The van der Waals surface area contributed by atoms with Crippen molar-refractivity contribution in [2.75, 3.05) is 6.61 Å². The first-order valence-corrected chi connectivity index (χ1v) is 5.60. The van der Waals surface area contributed by atoms with Gasteiger partial charge in [-0.1, -0.05) is 17.7 Å². The van der Waals surface area contributed by atoms with E-state index in [9.17, 15) is 5.11 Å². The van der Waals surface area contributed by atoms with Crippen LogP contribution in [0.5, 0.6) is 0 Å². The molecule has 1 aromatic carbocycles. The minimum absolute atomic E-state index is 0.0251. The minimum atomic E-state index is 0.0251. The summed E-state index contributed by atoms with van der Waals surface area (Å²) in [7, 11) is 0. The molecule has 0 amide bonds. The summed E-state index contributed by atoms with van der Waals surface area (Å²) in [6, 6.07) is 5.63. The Balaban J connectivity index is 2.50. The van der Waals surface area contributed by atoms with E-state index in [1.54, 1.807) is 0 Å². The zero-order valence-corrected chi connectivity index (χ0v) is 9.87. The largest absolute Gasteiger partial charge is 0.392 e. The molecule has 2 aromatic rings. The molecule has 1 heterocycles. The third-order valence-corrected chi connectivity index (χ3v) is 2.77. The molecule has 0 aliphatic rings. The number of hydrogen-bond donors (Lipinski definition) is 1. The van der Waals surface area contributed by atoms with E-state index in [0.717, 1.165) is 16.5 Å². The number of hydrogen-bond acceptors (Lipinski definition) is 2. The Kier molecular flexibility index (Phi) is 3.49. The molecule has 0 fully saturated rings. The molecule has 1 aromatic heterocycles. The maximum absolute atomic E-state index is 9.26. The van der Waals surface area contributed by atoms with E-state index in [2.05, 4.69) is 0 Å². The fourth-order valence-electron chi connectivity index (χ4n) is 1.76. The Hall–Kier alpha value is -1.03. The molecule has 3 nitrogen and oxygen atoms in total. The number of halogens is 1. The summed E-state index contributed by atoms with van der Waals surface area (Å²) in [6.45, 7) is 3.12. The van der Waals surface area contributed by atoms with Crippen molar-refractivity contribution in [1.29, 1.82) is 0 Å². The molecule has 0 spiro atoms. The molecule has 0 aliphatic carbocycles. The first-order valence-electron chi connectivity index (χ1n) is 5.22. The first-order chi connectivity index (χ1) is 7.76. The van der Waals surface area contributed by atoms with Crippen LogP contribution in [0, 0.1) is 0 Å². The van der Waals surface area contributed by atoms with E-state index >= 15 is 0 Å². The van der Waals surface area contributed by atoms with Gasteiger partial charge in [0.15, 0.2) is 0 Å². The summed E-state index contributed by atoms with van der Waals surface area (Å²) in [4.78, 5) is 0. The van der Waals surface area contributed by atoms with Crippen LogP contribution in [0.2, 0.25) is 5.02 Å². The molecular weight excluding hydrogens is 226 g/mol. The van der Waals surface area contributed by atoms with Crippen LogP contribution >= 0.6 is 11.6 Å². The van der Waals surface area contributed by atoms with Gasteiger partial charge in [0.25, 0.3) is 0 Å². The summed E-state index contributed by atoms with van der Waals surface area (Å²) in [5.41, 5.74) is 1.89. The normalized spacial score (nSPS) is 11.2. The second kappa shape index (κ2) is 4.87. The molecule has 86 valence electrons. The average Bonchev–Trinajstić information content (AvgIpc) is 2.64. The van der Waals surface area contributed by atoms with Crippen LogP contribution in [0.1, 0.15) is 12.5 Å². The smallest absolute Gasteiger partial charge is 0.122 e. The van der Waals surface area contributed by atoms with E-state index in [1.165, 1.54) is 0 Å². The molecule has 0 radical (unpaired) electrons. The molecule has 16 heavy (non-hydrogen) atoms. The molecule has 0 atom stereocenters. The summed E-state index contributed by atoms with van der Waals surface area (Å²) < 4.78 is 7.32. The SMILES string of the molecule is CCOCn1cc(CO)c2ccc(Cl)cc21. The molecular formula is C12H14ClNO2. The molecule has 0 aliphatic heterocycles. The Morgan fingerprint density at radius 2 is 2.25 bits per heavy atom. The molecule has 1 N–H and O–H groups in total. The number of aliphatic hydroxyl groups is 1. The van der Waals surface area contributed by atoms with Crippen LogP contribution in [-0.4, -0.2) is 16.3 Å². The lowest BCUT2D eigenvalue weighted by atomic mass is 10.2. The van der Waals surface area contributed by atoms with Gasteiger partial charge in [0, 0.05) is 28.8 Å². The highest BCUT2D eigenvalue weighted by Crippen LogP contribution is 2.24. The van der Waals surface area contributed by atoms with Gasteiger partial charge in [0.05, 0.1) is 12.1 Å². The van der Waals surface area contributed by atoms with Crippen molar-refractivity contribution in [2.24, 2.45) is 0 Å². The summed E-state index contributed by atoms with van der Waals surface area (Å²) >= 11 is 5.96. The monoisotopic (exact) mass is 239 g/mol. The van der Waals surface area contributed by atoms with Crippen molar-refractivity contribution in [3.05, 3.63) is 35.0 Å². The number of rotatable bonds is 4. The average molecular weight is 240 g/mol. The Labute approximate surface area is 99.2 Å². The molecule has 0 unspecified atom stereocenters. The van der Waals surface area contributed by atoms with Crippen LogP contribution in [0.25, 0.3) is 10.9 Å². The Morgan fingerprint density at radius 1 is 1.44 bits per heavy atom. The maximum atomic E-state index is 9.26. The topological polar surface area (TPSA) is 34.4 Å². The minimum Gasteiger partial charge on any atom is -0.392 e. The highest BCUT2D eigenvalue weighted by molar-refractivity contribution is 6.31. The van der Waals surface area contributed by atoms with Crippen LogP contribution in [-0.2, 0) is 18.1 Å². The van der Waals surface area contributed by atoms with Crippen molar-refractivity contribution < 1.29 is 9.84 Å². The quantitative estimate of drug-likeness (QED) is 0.890. The summed E-state index contributed by atoms with van der Waals surface area (Å²) in [5.74, 6) is 0. The van der Waals surface area contributed by atoms with Crippen LogP contribution in [0.15, 0.2) is 24.4 Å². The molecule has 0 saturated carbocycles. The lowest BCUT2D eigenvalue weighted by Gasteiger charge is -2.04. The molecule has 0 saturated heterocycles. The summed E-state index contributed by atoms with van der Waals surface area (Å²) in [6.07, 6.45) is 1.90. The third kappa shape index (κ3) is 2.07. The van der Waals surface area contributed by atoms with Crippen LogP contribution in [0.3, 0.4) is 0 Å². The molecule has 0 bridgehead atoms. The number of nitrogens with zero attached hydrogens (tertiary/aromatic N) is 1. The van der Waals surface area contributed by atoms with Gasteiger partial charge in [-0.2, -0.15) is 0 Å². The van der Waals surface area contributed by atoms with E-state index in [-0.39, 0.29) is 6.61 Å². The van der Waals surface area contributed by atoms with Gasteiger partial charge in [-0.3, -0.25) is 0 Å². The van der Waals surface area contributed by atoms with E-state index in [1.807, 2.05) is 35.9 Å². The van der Waals surface area contributed by atoms with E-state index in [4.69, 9.17) is 16.3 Å². The van der Waals surface area contributed by atoms with E-state index < -0.39 is 0 Å². The number of ether oxygens (including phenoxy) is 1. The molecule has 4 heteroatoms. The third-order valence-electron chi connectivity index (χ3n) is 2.53. The van der Waals surface area contributed by atoms with Crippen molar-refractivity contribution in [3.63, 3.8) is 0 Å². The zero-order chi connectivity index (χ0) is 11.5. The van der Waals surface area contributed by atoms with E-state index in [0.29, 0.717) is 18.4 Å². The van der Waals surface area contributed by atoms with Crippen LogP contribution < -0.4 is 0 Å². The predicted octanol–water partition coefficient (Wildman–Crippen LogP) is 2.78. The van der Waals surface area contributed by atoms with Crippen LogP contribution in [0.4, 0.5) is 0 Å². The fourth-order valence-corrected chi connectivity index (χ4v) is 1.93. The fraction of sp³-hybridized carbons (Fsp3) is 0.333. The second-order valence-electron chi connectivity index (χ2n) is 3.57. The second-order valence-corrected chi connectivity index (χ2v) is 4.00. The highest BCUT2D eigenvalue weighted by Gasteiger charge is 2.07. The van der Waals surface area contributed by atoms with Crippen molar-refractivity contribution in [3.8, 4) is 0 Å². The molecule has 2 rings (SSSR count). The van der Waals surface area contributed by atoms with Gasteiger partial charge in [-0.05, 0) is 19.1 Å². The Bertz CT molecular complexity index is 493. The van der Waals surface area contributed by atoms with Gasteiger partial charge in [-0.15, -0.1) is 0 Å². The standard InChI is InChI=1S/C12H14ClNO2/c1-2-16-8-14-6-9(7-15)11-4-3-10(13)5-12(11)14/h3-6,15H,2,7-8H2,1H3. The van der Waals surface area contributed by atoms with Gasteiger partial charge in [0.1, 0.15) is 6.73 Å². The lowest BCUT2D eigenvalue weighted by Crippen LogP contribution is -2.00. The van der Waals surface area contributed by atoms with Crippen molar-refractivity contribution in [2.45, 2.75) is 20.3 Å². The zero-order valence-electron chi connectivity index (χ0n) is 9.11. The highest BCUT2D eigenvalue weighted by atomic mass is 35.5. The number of aliphatic hydroxyl groups excluding tert-OH is 1. The number of benzene rings is 1. The van der Waals surface area contributed by atoms with Gasteiger partial charge >= 0.3 is 0 Å². The van der Waals surface area contributed by atoms with Gasteiger partial charge < -0.3 is 14.4 Å². The number of fused-ring (bicyclic) bond motifs is 1. The Morgan fingerprint density at radius 3 is 2.94 bits per heavy atom.